The van der Waals surface area contributed by atoms with Crippen molar-refractivity contribution < 1.29 is 9.47 Å². The average Bonchev–Trinajstić information content (AvgIpc) is 2.51. The first-order valence-corrected chi connectivity index (χ1v) is 6.68. The van der Waals surface area contributed by atoms with Crippen LogP contribution in [0, 0.1) is 0 Å². The smallest absolute Gasteiger partial charge is 0.161 e. The standard InChI is InChI=1S/C15H23NO2/c1-15(2,3)16-8-7-12-5-6-13-14(11-12)18-10-4-9-17-13/h5-6,11,16H,4,7-10H2,1-3H3. The number of benzene rings is 1. The lowest BCUT2D eigenvalue weighted by molar-refractivity contribution is 0.297. The van der Waals surface area contributed by atoms with Crippen LogP contribution in [0.1, 0.15) is 32.8 Å². The van der Waals surface area contributed by atoms with E-state index in [0.29, 0.717) is 0 Å². The molecule has 0 fully saturated rings. The molecule has 1 aliphatic heterocycles. The Hall–Kier alpha value is -1.22. The van der Waals surface area contributed by atoms with E-state index in [1.54, 1.807) is 0 Å². The summed E-state index contributed by atoms with van der Waals surface area (Å²) in [5, 5.41) is 3.49. The predicted molar refractivity (Wildman–Crippen MR) is 73.5 cm³/mol. The maximum atomic E-state index is 5.69. The molecule has 0 bridgehead atoms. The lowest BCUT2D eigenvalue weighted by Gasteiger charge is -2.20. The second-order valence-corrected chi connectivity index (χ2v) is 5.76. The van der Waals surface area contributed by atoms with Gasteiger partial charge in [0, 0.05) is 12.0 Å². The Labute approximate surface area is 109 Å². The Bertz CT molecular complexity index is 396. The van der Waals surface area contributed by atoms with E-state index in [-0.39, 0.29) is 5.54 Å². The first-order chi connectivity index (χ1) is 8.54. The Morgan fingerprint density at radius 2 is 1.83 bits per heavy atom. The van der Waals surface area contributed by atoms with Crippen molar-refractivity contribution in [2.75, 3.05) is 19.8 Å². The zero-order valence-corrected chi connectivity index (χ0v) is 11.6. The van der Waals surface area contributed by atoms with E-state index in [0.717, 1.165) is 44.1 Å². The molecule has 0 saturated heterocycles. The summed E-state index contributed by atoms with van der Waals surface area (Å²) in [7, 11) is 0. The van der Waals surface area contributed by atoms with Crippen molar-refractivity contribution in [1.29, 1.82) is 0 Å². The number of nitrogens with one attached hydrogen (secondary N) is 1. The summed E-state index contributed by atoms with van der Waals surface area (Å²) in [6.45, 7) is 9.01. The van der Waals surface area contributed by atoms with Crippen LogP contribution in [0.4, 0.5) is 0 Å². The molecule has 2 rings (SSSR count). The van der Waals surface area contributed by atoms with E-state index in [1.807, 2.05) is 6.07 Å². The normalized spacial score (nSPS) is 15.3. The summed E-state index contributed by atoms with van der Waals surface area (Å²) in [4.78, 5) is 0. The van der Waals surface area contributed by atoms with Crippen LogP contribution in [0.5, 0.6) is 11.5 Å². The quantitative estimate of drug-likeness (QED) is 0.893. The number of ether oxygens (including phenoxy) is 2. The minimum absolute atomic E-state index is 0.172. The second kappa shape index (κ2) is 5.61. The molecule has 0 unspecified atom stereocenters. The van der Waals surface area contributed by atoms with Crippen molar-refractivity contribution in [3.05, 3.63) is 23.8 Å². The summed E-state index contributed by atoms with van der Waals surface area (Å²) < 4.78 is 11.3. The van der Waals surface area contributed by atoms with Gasteiger partial charge in [0.2, 0.25) is 0 Å². The second-order valence-electron chi connectivity index (χ2n) is 5.76. The maximum absolute atomic E-state index is 5.69. The Kier molecular flexibility index (Phi) is 4.12. The van der Waals surface area contributed by atoms with Crippen molar-refractivity contribution in [1.82, 2.24) is 5.32 Å². The van der Waals surface area contributed by atoms with Gasteiger partial charge in [-0.1, -0.05) is 6.07 Å². The van der Waals surface area contributed by atoms with Crippen LogP contribution in [-0.2, 0) is 6.42 Å². The molecule has 1 aliphatic rings. The highest BCUT2D eigenvalue weighted by atomic mass is 16.5. The summed E-state index contributed by atoms with van der Waals surface area (Å²) in [5.41, 5.74) is 1.46. The van der Waals surface area contributed by atoms with Crippen molar-refractivity contribution in [2.24, 2.45) is 0 Å². The van der Waals surface area contributed by atoms with Gasteiger partial charge < -0.3 is 14.8 Å². The minimum Gasteiger partial charge on any atom is -0.490 e. The van der Waals surface area contributed by atoms with E-state index in [9.17, 15) is 0 Å². The summed E-state index contributed by atoms with van der Waals surface area (Å²) >= 11 is 0. The predicted octanol–water partition coefficient (Wildman–Crippen LogP) is 2.78. The van der Waals surface area contributed by atoms with Gasteiger partial charge in [0.15, 0.2) is 11.5 Å². The average molecular weight is 249 g/mol. The lowest BCUT2D eigenvalue weighted by atomic mass is 10.1. The van der Waals surface area contributed by atoms with Gasteiger partial charge in [-0.3, -0.25) is 0 Å². The summed E-state index contributed by atoms with van der Waals surface area (Å²) in [6.07, 6.45) is 1.96. The van der Waals surface area contributed by atoms with Crippen LogP contribution in [0.15, 0.2) is 18.2 Å². The number of hydrogen-bond acceptors (Lipinski definition) is 3. The highest BCUT2D eigenvalue weighted by Gasteiger charge is 2.11. The van der Waals surface area contributed by atoms with Crippen molar-refractivity contribution in [2.45, 2.75) is 39.2 Å². The monoisotopic (exact) mass is 249 g/mol. The fraction of sp³-hybridized carbons (Fsp3) is 0.600. The van der Waals surface area contributed by atoms with Gasteiger partial charge in [-0.05, 0) is 51.4 Å². The number of hydrogen-bond donors (Lipinski definition) is 1. The highest BCUT2D eigenvalue weighted by Crippen LogP contribution is 2.30. The van der Waals surface area contributed by atoms with Gasteiger partial charge in [-0.2, -0.15) is 0 Å². The topological polar surface area (TPSA) is 30.5 Å². The van der Waals surface area contributed by atoms with Crippen LogP contribution in [-0.4, -0.2) is 25.3 Å². The van der Waals surface area contributed by atoms with Crippen LogP contribution in [0.3, 0.4) is 0 Å². The number of fused-ring (bicyclic) bond motifs is 1. The van der Waals surface area contributed by atoms with Crippen molar-refractivity contribution >= 4 is 0 Å². The molecule has 1 N–H and O–H groups in total. The third kappa shape index (κ3) is 3.91. The van der Waals surface area contributed by atoms with Gasteiger partial charge in [0.05, 0.1) is 13.2 Å². The molecule has 3 heteroatoms. The maximum Gasteiger partial charge on any atom is 0.161 e. The molecule has 18 heavy (non-hydrogen) atoms. The fourth-order valence-electron chi connectivity index (χ4n) is 1.95. The van der Waals surface area contributed by atoms with Gasteiger partial charge in [0.1, 0.15) is 0 Å². The van der Waals surface area contributed by atoms with Crippen molar-refractivity contribution in [3.8, 4) is 11.5 Å². The third-order valence-corrected chi connectivity index (χ3v) is 2.88. The Morgan fingerprint density at radius 3 is 2.56 bits per heavy atom. The molecule has 0 aromatic heterocycles. The summed E-state index contributed by atoms with van der Waals surface area (Å²) in [6, 6.07) is 6.25. The molecule has 0 spiro atoms. The highest BCUT2D eigenvalue weighted by molar-refractivity contribution is 5.43. The molecule has 0 atom stereocenters. The van der Waals surface area contributed by atoms with E-state index in [4.69, 9.17) is 9.47 Å². The van der Waals surface area contributed by atoms with E-state index in [2.05, 4.69) is 38.2 Å². The third-order valence-electron chi connectivity index (χ3n) is 2.88. The first kappa shape index (κ1) is 13.2. The van der Waals surface area contributed by atoms with Crippen molar-refractivity contribution in [3.63, 3.8) is 0 Å². The molecule has 1 aromatic carbocycles. The fourth-order valence-corrected chi connectivity index (χ4v) is 1.95. The molecule has 100 valence electrons. The zero-order chi connectivity index (χ0) is 13.0. The van der Waals surface area contributed by atoms with Gasteiger partial charge in [-0.25, -0.2) is 0 Å². The summed E-state index contributed by atoms with van der Waals surface area (Å²) in [5.74, 6) is 1.76. The molecule has 0 radical (unpaired) electrons. The molecular formula is C15H23NO2. The minimum atomic E-state index is 0.172. The lowest BCUT2D eigenvalue weighted by Crippen LogP contribution is -2.37. The molecule has 0 aliphatic carbocycles. The van der Waals surface area contributed by atoms with E-state index in [1.165, 1.54) is 5.56 Å². The molecule has 1 heterocycles. The molecule has 0 saturated carbocycles. The largest absolute Gasteiger partial charge is 0.490 e. The van der Waals surface area contributed by atoms with E-state index < -0.39 is 0 Å². The van der Waals surface area contributed by atoms with Crippen LogP contribution in [0.2, 0.25) is 0 Å². The van der Waals surface area contributed by atoms with E-state index >= 15 is 0 Å². The van der Waals surface area contributed by atoms with Crippen LogP contribution in [0.25, 0.3) is 0 Å². The number of rotatable bonds is 3. The first-order valence-electron chi connectivity index (χ1n) is 6.68. The SMILES string of the molecule is CC(C)(C)NCCc1ccc2c(c1)OCCCO2. The Morgan fingerprint density at radius 1 is 1.11 bits per heavy atom. The molecule has 1 aromatic rings. The molecule has 0 amide bonds. The van der Waals surface area contributed by atoms with Gasteiger partial charge in [-0.15, -0.1) is 0 Å². The van der Waals surface area contributed by atoms with Crippen LogP contribution >= 0.6 is 0 Å². The Balaban J connectivity index is 1.96. The molecular weight excluding hydrogens is 226 g/mol. The van der Waals surface area contributed by atoms with Gasteiger partial charge in [0.25, 0.3) is 0 Å². The van der Waals surface area contributed by atoms with Crippen LogP contribution < -0.4 is 14.8 Å². The molecule has 3 nitrogen and oxygen atoms in total. The van der Waals surface area contributed by atoms with Gasteiger partial charge >= 0.3 is 0 Å². The zero-order valence-electron chi connectivity index (χ0n) is 11.6.